The Kier molecular flexibility index (Phi) is 7.09. The molecule has 0 aliphatic heterocycles. The molecule has 0 saturated heterocycles. The van der Waals surface area contributed by atoms with Gasteiger partial charge in [-0.3, -0.25) is 9.59 Å². The van der Waals surface area contributed by atoms with Crippen molar-refractivity contribution in [2.45, 2.75) is 12.8 Å². The van der Waals surface area contributed by atoms with Gasteiger partial charge in [0.05, 0.1) is 10.6 Å². The van der Waals surface area contributed by atoms with Gasteiger partial charge in [-0.1, -0.05) is 47.5 Å². The topological polar surface area (TPSA) is 58.2 Å². The molecule has 0 heterocycles. The van der Waals surface area contributed by atoms with Crippen LogP contribution in [-0.2, 0) is 11.2 Å². The molecule has 24 heavy (non-hydrogen) atoms. The molecule has 4 nitrogen and oxygen atoms in total. The van der Waals surface area contributed by atoms with Crippen molar-refractivity contribution in [2.24, 2.45) is 0 Å². The normalized spacial score (nSPS) is 10.2. The van der Waals surface area contributed by atoms with Crippen LogP contribution in [0.2, 0.25) is 10.0 Å². The number of rotatable bonds is 7. The first-order chi connectivity index (χ1) is 11.6. The Hall–Kier alpha value is -2.04. The molecule has 6 heteroatoms. The highest BCUT2D eigenvalue weighted by Crippen LogP contribution is 2.14. The number of amides is 2. The maximum atomic E-state index is 11.9. The van der Waals surface area contributed by atoms with Crippen LogP contribution in [0.1, 0.15) is 22.3 Å². The third-order valence-electron chi connectivity index (χ3n) is 3.41. The maximum Gasteiger partial charge on any atom is 0.252 e. The van der Waals surface area contributed by atoms with E-state index in [9.17, 15) is 9.59 Å². The van der Waals surface area contributed by atoms with E-state index in [1.165, 1.54) is 0 Å². The Morgan fingerprint density at radius 2 is 1.58 bits per heavy atom. The lowest BCUT2D eigenvalue weighted by Gasteiger charge is -2.08. The lowest BCUT2D eigenvalue weighted by Crippen LogP contribution is -2.31. The van der Waals surface area contributed by atoms with E-state index in [4.69, 9.17) is 23.2 Å². The highest BCUT2D eigenvalue weighted by Gasteiger charge is 2.09. The van der Waals surface area contributed by atoms with Gasteiger partial charge in [-0.25, -0.2) is 0 Å². The second-order valence-electron chi connectivity index (χ2n) is 5.21. The Balaban J connectivity index is 1.65. The second kappa shape index (κ2) is 9.30. The van der Waals surface area contributed by atoms with Crippen LogP contribution in [0.3, 0.4) is 0 Å². The molecule has 2 amide bonds. The Morgan fingerprint density at radius 1 is 0.875 bits per heavy atom. The molecule has 0 aliphatic rings. The van der Waals surface area contributed by atoms with Crippen LogP contribution in [0.4, 0.5) is 0 Å². The van der Waals surface area contributed by atoms with Crippen LogP contribution in [0.25, 0.3) is 0 Å². The van der Waals surface area contributed by atoms with E-state index in [-0.39, 0.29) is 24.8 Å². The fourth-order valence-corrected chi connectivity index (χ4v) is 2.46. The van der Waals surface area contributed by atoms with Gasteiger partial charge >= 0.3 is 0 Å². The Morgan fingerprint density at radius 3 is 2.29 bits per heavy atom. The first-order valence-corrected chi connectivity index (χ1v) is 8.36. The van der Waals surface area contributed by atoms with Gasteiger partial charge in [-0.05, 0) is 36.2 Å². The zero-order chi connectivity index (χ0) is 17.4. The quantitative estimate of drug-likeness (QED) is 0.789. The predicted molar refractivity (Wildman–Crippen MR) is 96.6 cm³/mol. The Bertz CT molecular complexity index is 702. The highest BCUT2D eigenvalue weighted by molar-refractivity contribution is 6.33. The number of nitrogens with one attached hydrogen (secondary N) is 2. The fraction of sp³-hybridized carbons (Fsp3) is 0.222. The van der Waals surface area contributed by atoms with Crippen LogP contribution in [0.5, 0.6) is 0 Å². The molecule has 0 fully saturated rings. The van der Waals surface area contributed by atoms with E-state index in [2.05, 4.69) is 10.6 Å². The molecule has 0 radical (unpaired) electrons. The van der Waals surface area contributed by atoms with E-state index >= 15 is 0 Å². The predicted octanol–water partition coefficient (Wildman–Crippen LogP) is 3.47. The lowest BCUT2D eigenvalue weighted by molar-refractivity contribution is -0.120. The smallest absolute Gasteiger partial charge is 0.252 e. The standard InChI is InChI=1S/C18H18Cl2N2O2/c19-14-7-5-13(6-8-14)9-11-21-17(23)10-12-22-18(24)15-3-1-2-4-16(15)20/h1-8H,9-12H2,(H,21,23)(H,22,24). The van der Waals surface area contributed by atoms with Gasteiger partial charge in [-0.2, -0.15) is 0 Å². The largest absolute Gasteiger partial charge is 0.356 e. The van der Waals surface area contributed by atoms with Gasteiger partial charge in [-0.15, -0.1) is 0 Å². The molecule has 2 aromatic carbocycles. The summed E-state index contributed by atoms with van der Waals surface area (Å²) in [6.07, 6.45) is 0.950. The van der Waals surface area contributed by atoms with Crippen molar-refractivity contribution in [1.29, 1.82) is 0 Å². The summed E-state index contributed by atoms with van der Waals surface area (Å²) in [5.74, 6) is -0.391. The molecule has 2 aromatic rings. The summed E-state index contributed by atoms with van der Waals surface area (Å²) < 4.78 is 0. The van der Waals surface area contributed by atoms with Crippen molar-refractivity contribution < 1.29 is 9.59 Å². The summed E-state index contributed by atoms with van der Waals surface area (Å²) >= 11 is 11.8. The van der Waals surface area contributed by atoms with Gasteiger partial charge in [0.2, 0.25) is 5.91 Å². The minimum Gasteiger partial charge on any atom is -0.356 e. The average Bonchev–Trinajstić information content (AvgIpc) is 2.57. The number of hydrogen-bond acceptors (Lipinski definition) is 2. The van der Waals surface area contributed by atoms with Crippen molar-refractivity contribution >= 4 is 35.0 Å². The Labute approximate surface area is 151 Å². The average molecular weight is 365 g/mol. The van der Waals surface area contributed by atoms with Crippen molar-refractivity contribution in [3.63, 3.8) is 0 Å². The van der Waals surface area contributed by atoms with E-state index in [0.29, 0.717) is 22.2 Å². The molecule has 0 aromatic heterocycles. The maximum absolute atomic E-state index is 11.9. The van der Waals surface area contributed by atoms with E-state index in [0.717, 1.165) is 12.0 Å². The molecule has 0 aliphatic carbocycles. The third kappa shape index (κ3) is 5.87. The minimum absolute atomic E-state index is 0.108. The summed E-state index contributed by atoms with van der Waals surface area (Å²) in [6, 6.07) is 14.3. The zero-order valence-electron chi connectivity index (χ0n) is 13.0. The first kappa shape index (κ1) is 18.3. The van der Waals surface area contributed by atoms with Gasteiger partial charge in [0.1, 0.15) is 0 Å². The van der Waals surface area contributed by atoms with Crippen LogP contribution in [0, 0.1) is 0 Å². The van der Waals surface area contributed by atoms with Crippen molar-refractivity contribution in [3.05, 3.63) is 69.7 Å². The van der Waals surface area contributed by atoms with Crippen LogP contribution in [0.15, 0.2) is 48.5 Å². The van der Waals surface area contributed by atoms with E-state index in [1.54, 1.807) is 24.3 Å². The van der Waals surface area contributed by atoms with Gasteiger partial charge in [0.15, 0.2) is 0 Å². The van der Waals surface area contributed by atoms with Crippen molar-refractivity contribution in [1.82, 2.24) is 10.6 Å². The summed E-state index contributed by atoms with van der Waals surface area (Å²) in [5, 5.41) is 6.59. The molecule has 2 N–H and O–H groups in total. The van der Waals surface area contributed by atoms with E-state index in [1.807, 2.05) is 24.3 Å². The zero-order valence-corrected chi connectivity index (χ0v) is 14.5. The number of hydrogen-bond donors (Lipinski definition) is 2. The van der Waals surface area contributed by atoms with Crippen LogP contribution >= 0.6 is 23.2 Å². The molecule has 0 unspecified atom stereocenters. The molecule has 0 bridgehead atoms. The molecule has 2 rings (SSSR count). The summed E-state index contributed by atoms with van der Waals surface area (Å²) in [6.45, 7) is 0.801. The van der Waals surface area contributed by atoms with Crippen molar-refractivity contribution in [3.8, 4) is 0 Å². The van der Waals surface area contributed by atoms with Gasteiger partial charge < -0.3 is 10.6 Å². The number of carbonyl (C=O) groups excluding carboxylic acids is 2. The monoisotopic (exact) mass is 364 g/mol. The fourth-order valence-electron chi connectivity index (χ4n) is 2.12. The molecular formula is C18H18Cl2N2O2. The highest BCUT2D eigenvalue weighted by atomic mass is 35.5. The van der Waals surface area contributed by atoms with Crippen molar-refractivity contribution in [2.75, 3.05) is 13.1 Å². The minimum atomic E-state index is -0.283. The summed E-state index contributed by atoms with van der Waals surface area (Å²) in [4.78, 5) is 23.7. The second-order valence-corrected chi connectivity index (χ2v) is 6.06. The molecular weight excluding hydrogens is 347 g/mol. The molecule has 0 saturated carbocycles. The van der Waals surface area contributed by atoms with Gasteiger partial charge in [0.25, 0.3) is 5.91 Å². The lowest BCUT2D eigenvalue weighted by atomic mass is 10.1. The molecule has 126 valence electrons. The van der Waals surface area contributed by atoms with Crippen LogP contribution in [-0.4, -0.2) is 24.9 Å². The van der Waals surface area contributed by atoms with Gasteiger partial charge in [0, 0.05) is 24.5 Å². The third-order valence-corrected chi connectivity index (χ3v) is 3.99. The summed E-state index contributed by atoms with van der Waals surface area (Å²) in [5.41, 5.74) is 1.51. The van der Waals surface area contributed by atoms with Crippen LogP contribution < -0.4 is 10.6 Å². The SMILES string of the molecule is O=C(CCNC(=O)c1ccccc1Cl)NCCc1ccc(Cl)cc1. The number of benzene rings is 2. The van der Waals surface area contributed by atoms with E-state index < -0.39 is 0 Å². The number of halogens is 2. The molecule has 0 atom stereocenters. The summed E-state index contributed by atoms with van der Waals surface area (Å²) in [7, 11) is 0. The number of carbonyl (C=O) groups is 2. The first-order valence-electron chi connectivity index (χ1n) is 7.60. The molecule has 0 spiro atoms.